The molecule has 0 radical (unpaired) electrons. The molecule has 6 heteroatoms. The van der Waals surface area contributed by atoms with Gasteiger partial charge >= 0.3 is 0 Å². The van der Waals surface area contributed by atoms with E-state index in [0.29, 0.717) is 23.7 Å². The fraction of sp³-hybridized carbons (Fsp3) is 0.294. The van der Waals surface area contributed by atoms with E-state index >= 15 is 0 Å². The fourth-order valence-electron chi connectivity index (χ4n) is 2.64. The first-order valence-corrected chi connectivity index (χ1v) is 8.36. The molecular formula is C17H18BrN3O2. The van der Waals surface area contributed by atoms with Gasteiger partial charge in [-0.3, -0.25) is 4.79 Å². The Morgan fingerprint density at radius 1 is 1.35 bits per heavy atom. The summed E-state index contributed by atoms with van der Waals surface area (Å²) >= 11 is 3.40. The second-order valence-electron chi connectivity index (χ2n) is 5.57. The summed E-state index contributed by atoms with van der Waals surface area (Å²) in [7, 11) is 0. The number of hydrogen-bond acceptors (Lipinski definition) is 4. The molecule has 0 spiro atoms. The van der Waals surface area contributed by atoms with Crippen LogP contribution in [0.15, 0.2) is 47.1 Å². The van der Waals surface area contributed by atoms with Gasteiger partial charge in [-0.1, -0.05) is 22.0 Å². The molecule has 1 unspecified atom stereocenters. The van der Waals surface area contributed by atoms with Gasteiger partial charge in [0.25, 0.3) is 5.91 Å². The molecule has 0 saturated carbocycles. The molecule has 23 heavy (non-hydrogen) atoms. The van der Waals surface area contributed by atoms with E-state index in [1.165, 1.54) is 0 Å². The average molecular weight is 376 g/mol. The number of nitrogens with two attached hydrogens (primary N) is 1. The molecule has 3 rings (SSSR count). The minimum Gasteiger partial charge on any atom is -0.438 e. The third-order valence-electron chi connectivity index (χ3n) is 3.76. The maximum Gasteiger partial charge on any atom is 0.259 e. The second-order valence-corrected chi connectivity index (χ2v) is 6.48. The lowest BCUT2D eigenvalue weighted by atomic mass is 10.1. The summed E-state index contributed by atoms with van der Waals surface area (Å²) in [4.78, 5) is 18.8. The van der Waals surface area contributed by atoms with Crippen molar-refractivity contribution in [2.24, 2.45) is 5.73 Å². The number of carbonyl (C=O) groups is 1. The van der Waals surface area contributed by atoms with Crippen LogP contribution in [0.5, 0.6) is 11.6 Å². The molecule has 1 atom stereocenters. The number of benzene rings is 1. The van der Waals surface area contributed by atoms with Gasteiger partial charge < -0.3 is 15.4 Å². The Labute approximate surface area is 143 Å². The Morgan fingerprint density at radius 3 is 3.00 bits per heavy atom. The lowest BCUT2D eigenvalue weighted by molar-refractivity contribution is 0.0705. The predicted octanol–water partition coefficient (Wildman–Crippen LogP) is 3.20. The van der Waals surface area contributed by atoms with Gasteiger partial charge in [0.2, 0.25) is 5.88 Å². The number of rotatable bonds is 3. The normalized spacial score (nSPS) is 17.8. The molecule has 2 N–H and O–H groups in total. The van der Waals surface area contributed by atoms with E-state index < -0.39 is 0 Å². The van der Waals surface area contributed by atoms with Crippen LogP contribution in [-0.4, -0.2) is 34.9 Å². The minimum absolute atomic E-state index is 0.0406. The van der Waals surface area contributed by atoms with Crippen LogP contribution in [0.25, 0.3) is 0 Å². The van der Waals surface area contributed by atoms with Gasteiger partial charge in [-0.25, -0.2) is 4.98 Å². The zero-order chi connectivity index (χ0) is 16.2. The van der Waals surface area contributed by atoms with Crippen LogP contribution in [0.4, 0.5) is 0 Å². The Morgan fingerprint density at radius 2 is 2.22 bits per heavy atom. The first-order valence-electron chi connectivity index (χ1n) is 7.57. The monoisotopic (exact) mass is 375 g/mol. The first kappa shape index (κ1) is 16.0. The van der Waals surface area contributed by atoms with Gasteiger partial charge in [0.15, 0.2) is 0 Å². The molecule has 1 aliphatic rings. The van der Waals surface area contributed by atoms with Gasteiger partial charge in [-0.05, 0) is 43.2 Å². The third-order valence-corrected chi connectivity index (χ3v) is 4.25. The predicted molar refractivity (Wildman–Crippen MR) is 91.6 cm³/mol. The number of ether oxygens (including phenoxy) is 1. The number of halogens is 1. The zero-order valence-electron chi connectivity index (χ0n) is 12.6. The van der Waals surface area contributed by atoms with Crippen molar-refractivity contribution in [1.82, 2.24) is 9.88 Å². The van der Waals surface area contributed by atoms with Crippen LogP contribution < -0.4 is 10.5 Å². The van der Waals surface area contributed by atoms with Gasteiger partial charge in [0.05, 0.1) is 0 Å². The smallest absolute Gasteiger partial charge is 0.259 e. The van der Waals surface area contributed by atoms with Crippen molar-refractivity contribution in [3.63, 3.8) is 0 Å². The Bertz CT molecular complexity index is 708. The first-order chi connectivity index (χ1) is 11.1. The number of piperidine rings is 1. The molecule has 0 bridgehead atoms. The van der Waals surface area contributed by atoms with Gasteiger partial charge in [0, 0.05) is 29.8 Å². The SMILES string of the molecule is NC1CCCN(C(=O)c2cccnc2Oc2cccc(Br)c2)C1. The Balaban J connectivity index is 1.84. The van der Waals surface area contributed by atoms with Crippen molar-refractivity contribution < 1.29 is 9.53 Å². The number of aromatic nitrogens is 1. The molecule has 1 saturated heterocycles. The molecular weight excluding hydrogens is 358 g/mol. The zero-order valence-corrected chi connectivity index (χ0v) is 14.2. The molecule has 1 aliphatic heterocycles. The van der Waals surface area contributed by atoms with Crippen LogP contribution in [0, 0.1) is 0 Å². The van der Waals surface area contributed by atoms with E-state index in [1.54, 1.807) is 23.2 Å². The van der Waals surface area contributed by atoms with Gasteiger partial charge in [-0.2, -0.15) is 0 Å². The van der Waals surface area contributed by atoms with Crippen LogP contribution in [0.2, 0.25) is 0 Å². The maximum atomic E-state index is 12.8. The van der Waals surface area contributed by atoms with Gasteiger partial charge in [-0.15, -0.1) is 0 Å². The summed E-state index contributed by atoms with van der Waals surface area (Å²) in [6, 6.07) is 11.0. The van der Waals surface area contributed by atoms with E-state index in [9.17, 15) is 4.79 Å². The quantitative estimate of drug-likeness (QED) is 0.893. The third kappa shape index (κ3) is 3.89. The highest BCUT2D eigenvalue weighted by Gasteiger charge is 2.25. The molecule has 2 aromatic rings. The Hall–Kier alpha value is -1.92. The van der Waals surface area contributed by atoms with E-state index in [0.717, 1.165) is 23.9 Å². The standard InChI is InChI=1S/C17H18BrN3O2/c18-12-4-1-6-14(10-12)23-16-15(7-2-8-20-16)17(22)21-9-3-5-13(19)11-21/h1-2,4,6-8,10,13H,3,5,9,11,19H2. The number of amides is 1. The van der Waals surface area contributed by atoms with E-state index in [1.807, 2.05) is 24.3 Å². The minimum atomic E-state index is -0.0850. The van der Waals surface area contributed by atoms with E-state index in [-0.39, 0.29) is 11.9 Å². The van der Waals surface area contributed by atoms with Crippen LogP contribution in [0.1, 0.15) is 23.2 Å². The highest BCUT2D eigenvalue weighted by Crippen LogP contribution is 2.26. The van der Waals surface area contributed by atoms with E-state index in [2.05, 4.69) is 20.9 Å². The Kier molecular flexibility index (Phi) is 4.93. The number of hydrogen-bond donors (Lipinski definition) is 1. The summed E-state index contributed by atoms with van der Waals surface area (Å²) in [5.41, 5.74) is 6.43. The molecule has 0 aliphatic carbocycles. The van der Waals surface area contributed by atoms with Crippen molar-refractivity contribution >= 4 is 21.8 Å². The topological polar surface area (TPSA) is 68.5 Å². The summed E-state index contributed by atoms with van der Waals surface area (Å²) in [6.45, 7) is 1.29. The van der Waals surface area contributed by atoms with Crippen LogP contribution >= 0.6 is 15.9 Å². The molecule has 1 aromatic carbocycles. The summed E-state index contributed by atoms with van der Waals surface area (Å²) in [6.07, 6.45) is 3.50. The van der Waals surface area contributed by atoms with Crippen molar-refractivity contribution in [2.75, 3.05) is 13.1 Å². The average Bonchev–Trinajstić information content (AvgIpc) is 2.55. The van der Waals surface area contributed by atoms with E-state index in [4.69, 9.17) is 10.5 Å². The summed E-state index contributed by atoms with van der Waals surface area (Å²) < 4.78 is 6.71. The molecule has 120 valence electrons. The lowest BCUT2D eigenvalue weighted by Crippen LogP contribution is -2.45. The van der Waals surface area contributed by atoms with Crippen molar-refractivity contribution in [2.45, 2.75) is 18.9 Å². The number of likely N-dealkylation sites (tertiary alicyclic amines) is 1. The van der Waals surface area contributed by atoms with Crippen LogP contribution in [-0.2, 0) is 0 Å². The highest BCUT2D eigenvalue weighted by atomic mass is 79.9. The molecule has 1 amide bonds. The van der Waals surface area contributed by atoms with Crippen molar-refractivity contribution in [3.05, 3.63) is 52.6 Å². The molecule has 1 aromatic heterocycles. The molecule has 5 nitrogen and oxygen atoms in total. The van der Waals surface area contributed by atoms with Crippen molar-refractivity contribution in [3.8, 4) is 11.6 Å². The molecule has 1 fully saturated rings. The lowest BCUT2D eigenvalue weighted by Gasteiger charge is -2.31. The number of nitrogens with zero attached hydrogens (tertiary/aromatic N) is 2. The van der Waals surface area contributed by atoms with Crippen molar-refractivity contribution in [1.29, 1.82) is 0 Å². The summed E-state index contributed by atoms with van der Waals surface area (Å²) in [5, 5.41) is 0. The maximum absolute atomic E-state index is 12.8. The fourth-order valence-corrected chi connectivity index (χ4v) is 3.02. The summed E-state index contributed by atoms with van der Waals surface area (Å²) in [5.74, 6) is 0.857. The van der Waals surface area contributed by atoms with Gasteiger partial charge in [0.1, 0.15) is 11.3 Å². The second kappa shape index (κ2) is 7.10. The number of carbonyl (C=O) groups excluding carboxylic acids is 1. The van der Waals surface area contributed by atoms with Crippen LogP contribution in [0.3, 0.4) is 0 Å². The highest BCUT2D eigenvalue weighted by molar-refractivity contribution is 9.10. The number of pyridine rings is 1. The largest absolute Gasteiger partial charge is 0.438 e. The molecule has 2 heterocycles.